The van der Waals surface area contributed by atoms with Crippen LogP contribution in [0.2, 0.25) is 0 Å². The van der Waals surface area contributed by atoms with E-state index in [2.05, 4.69) is 34.8 Å². The molecule has 2 unspecified atom stereocenters. The van der Waals surface area contributed by atoms with Crippen LogP contribution in [0.15, 0.2) is 4.99 Å². The summed E-state index contributed by atoms with van der Waals surface area (Å²) in [5.41, 5.74) is -0.388. The number of methoxy groups -OCH3 is 1. The van der Waals surface area contributed by atoms with Crippen LogP contribution in [-0.4, -0.2) is 36.8 Å². The minimum atomic E-state index is -0.501. The Bertz CT molecular complexity index is 433. The number of hydrogen-bond donors (Lipinski definition) is 3. The third-order valence-electron chi connectivity index (χ3n) is 3.72. The maximum atomic E-state index is 11.9. The molecule has 1 rings (SSSR count). The van der Waals surface area contributed by atoms with Crippen LogP contribution < -0.4 is 16.0 Å². The Hall–Kier alpha value is -1.79. The standard InChI is InChI=1S/C15H28N4O3/c1-9-7-11(8-10(9)2)16-12(20)17-14(22-6)18-13(21)19-15(3,4)5/h9-11H,7-8H2,1-6H3,(H3,16,17,18,19,20,21). The second kappa shape index (κ2) is 7.47. The Morgan fingerprint density at radius 3 is 2.14 bits per heavy atom. The molecule has 1 aliphatic carbocycles. The second-order valence-electron chi connectivity index (χ2n) is 7.02. The summed E-state index contributed by atoms with van der Waals surface area (Å²) in [6, 6.07) is -0.968. The highest BCUT2D eigenvalue weighted by atomic mass is 16.5. The van der Waals surface area contributed by atoms with Gasteiger partial charge in [0.1, 0.15) is 0 Å². The largest absolute Gasteiger partial charge is 0.468 e. The Kier molecular flexibility index (Phi) is 6.20. The van der Waals surface area contributed by atoms with Crippen molar-refractivity contribution >= 4 is 18.1 Å². The SMILES string of the molecule is COC(=NC(=O)NC1CC(C)C(C)C1)NC(=O)NC(C)(C)C. The van der Waals surface area contributed by atoms with Crippen molar-refractivity contribution in [2.75, 3.05) is 7.11 Å². The number of carbonyl (C=O) groups is 2. The van der Waals surface area contributed by atoms with E-state index in [4.69, 9.17) is 4.74 Å². The molecule has 0 saturated heterocycles. The Morgan fingerprint density at radius 1 is 1.14 bits per heavy atom. The van der Waals surface area contributed by atoms with Crippen molar-refractivity contribution < 1.29 is 14.3 Å². The number of carbonyl (C=O) groups excluding carboxylic acids is 2. The number of rotatable bonds is 1. The van der Waals surface area contributed by atoms with Crippen LogP contribution in [-0.2, 0) is 4.74 Å². The molecule has 1 aliphatic rings. The monoisotopic (exact) mass is 312 g/mol. The van der Waals surface area contributed by atoms with Gasteiger partial charge in [-0.05, 0) is 45.4 Å². The summed E-state index contributed by atoms with van der Waals surface area (Å²) in [5.74, 6) is 1.18. The van der Waals surface area contributed by atoms with Gasteiger partial charge in [-0.3, -0.25) is 5.32 Å². The van der Waals surface area contributed by atoms with Gasteiger partial charge in [-0.2, -0.15) is 0 Å². The molecule has 1 saturated carbocycles. The van der Waals surface area contributed by atoms with Gasteiger partial charge in [0, 0.05) is 11.6 Å². The van der Waals surface area contributed by atoms with Gasteiger partial charge in [-0.15, -0.1) is 4.99 Å². The fourth-order valence-electron chi connectivity index (χ4n) is 2.47. The van der Waals surface area contributed by atoms with Crippen LogP contribution >= 0.6 is 0 Å². The molecule has 126 valence electrons. The number of aliphatic imine (C=N–C) groups is 1. The van der Waals surface area contributed by atoms with Crippen molar-refractivity contribution in [2.24, 2.45) is 16.8 Å². The lowest BCUT2D eigenvalue weighted by Crippen LogP contribution is -2.49. The van der Waals surface area contributed by atoms with E-state index in [0.29, 0.717) is 11.8 Å². The number of amides is 4. The summed E-state index contributed by atoms with van der Waals surface area (Å²) in [7, 11) is 1.35. The normalized spacial score (nSPS) is 25.5. The third kappa shape index (κ3) is 6.32. The number of nitrogens with zero attached hydrogens (tertiary/aromatic N) is 1. The third-order valence-corrected chi connectivity index (χ3v) is 3.72. The summed E-state index contributed by atoms with van der Waals surface area (Å²) in [5, 5.41) is 7.96. The number of hydrogen-bond acceptors (Lipinski definition) is 3. The molecule has 22 heavy (non-hydrogen) atoms. The minimum Gasteiger partial charge on any atom is -0.468 e. The highest BCUT2D eigenvalue weighted by molar-refractivity contribution is 5.98. The maximum Gasteiger partial charge on any atom is 0.345 e. The summed E-state index contributed by atoms with van der Waals surface area (Å²) in [6.45, 7) is 9.92. The van der Waals surface area contributed by atoms with Crippen molar-refractivity contribution in [3.05, 3.63) is 0 Å². The fraction of sp³-hybridized carbons (Fsp3) is 0.800. The number of amidine groups is 1. The lowest BCUT2D eigenvalue weighted by atomic mass is 10.0. The average Bonchev–Trinajstić information content (AvgIpc) is 2.64. The van der Waals surface area contributed by atoms with Gasteiger partial charge in [0.25, 0.3) is 0 Å². The van der Waals surface area contributed by atoms with Crippen molar-refractivity contribution in [3.8, 4) is 0 Å². The summed E-state index contributed by atoms with van der Waals surface area (Å²) in [6.07, 6.45) is 1.89. The molecule has 0 heterocycles. The van der Waals surface area contributed by atoms with E-state index in [9.17, 15) is 9.59 Å². The van der Waals surface area contributed by atoms with Crippen molar-refractivity contribution in [3.63, 3.8) is 0 Å². The molecule has 1 fully saturated rings. The Labute approximate surface area is 132 Å². The molecule has 0 aromatic heterocycles. The number of nitrogens with one attached hydrogen (secondary N) is 3. The smallest absolute Gasteiger partial charge is 0.345 e. The van der Waals surface area contributed by atoms with Crippen LogP contribution in [0.3, 0.4) is 0 Å². The van der Waals surface area contributed by atoms with E-state index in [1.165, 1.54) is 7.11 Å². The zero-order valence-electron chi connectivity index (χ0n) is 14.3. The molecule has 0 aliphatic heterocycles. The summed E-state index contributed by atoms with van der Waals surface area (Å²) >= 11 is 0. The highest BCUT2D eigenvalue weighted by Crippen LogP contribution is 2.30. The Balaban J connectivity index is 2.53. The second-order valence-corrected chi connectivity index (χ2v) is 7.02. The van der Waals surface area contributed by atoms with Gasteiger partial charge < -0.3 is 15.4 Å². The quantitative estimate of drug-likeness (QED) is 0.512. The van der Waals surface area contributed by atoms with Gasteiger partial charge in [0.05, 0.1) is 7.11 Å². The van der Waals surface area contributed by atoms with Gasteiger partial charge in [0.15, 0.2) is 0 Å². The maximum absolute atomic E-state index is 11.9. The van der Waals surface area contributed by atoms with Gasteiger partial charge >= 0.3 is 18.1 Å². The summed E-state index contributed by atoms with van der Waals surface area (Å²) < 4.78 is 4.93. The first-order chi connectivity index (χ1) is 10.1. The molecule has 0 aromatic carbocycles. The molecule has 0 spiro atoms. The lowest BCUT2D eigenvalue weighted by Gasteiger charge is -2.20. The molecule has 7 heteroatoms. The van der Waals surface area contributed by atoms with Gasteiger partial charge in [-0.1, -0.05) is 13.8 Å². The average molecular weight is 312 g/mol. The van der Waals surface area contributed by atoms with E-state index in [0.717, 1.165) is 12.8 Å². The molecule has 3 N–H and O–H groups in total. The van der Waals surface area contributed by atoms with Gasteiger partial charge in [-0.25, -0.2) is 9.59 Å². The van der Waals surface area contributed by atoms with E-state index in [-0.39, 0.29) is 17.6 Å². The molecule has 4 amide bonds. The van der Waals surface area contributed by atoms with Crippen molar-refractivity contribution in [1.29, 1.82) is 0 Å². The highest BCUT2D eigenvalue weighted by Gasteiger charge is 2.29. The van der Waals surface area contributed by atoms with E-state index in [1.807, 2.05) is 20.8 Å². The zero-order valence-corrected chi connectivity index (χ0v) is 14.3. The van der Waals surface area contributed by atoms with E-state index >= 15 is 0 Å². The first kappa shape index (κ1) is 18.3. The van der Waals surface area contributed by atoms with E-state index in [1.54, 1.807) is 0 Å². The van der Waals surface area contributed by atoms with Crippen LogP contribution in [0.4, 0.5) is 9.59 Å². The van der Waals surface area contributed by atoms with Crippen molar-refractivity contribution in [2.45, 2.75) is 59.0 Å². The molecular weight excluding hydrogens is 284 g/mol. The predicted octanol–water partition coefficient (Wildman–Crippen LogP) is 2.23. The summed E-state index contributed by atoms with van der Waals surface area (Å²) in [4.78, 5) is 27.4. The topological polar surface area (TPSA) is 91.8 Å². The molecule has 0 aromatic rings. The predicted molar refractivity (Wildman–Crippen MR) is 85.7 cm³/mol. The Morgan fingerprint density at radius 2 is 1.68 bits per heavy atom. The van der Waals surface area contributed by atoms with Crippen molar-refractivity contribution in [1.82, 2.24) is 16.0 Å². The molecule has 0 radical (unpaired) electrons. The van der Waals surface area contributed by atoms with Crippen LogP contribution in [0, 0.1) is 11.8 Å². The van der Waals surface area contributed by atoms with E-state index < -0.39 is 12.1 Å². The van der Waals surface area contributed by atoms with Crippen LogP contribution in [0.25, 0.3) is 0 Å². The number of urea groups is 2. The molecule has 0 bridgehead atoms. The van der Waals surface area contributed by atoms with Gasteiger partial charge in [0.2, 0.25) is 0 Å². The number of ether oxygens (including phenoxy) is 1. The molecule has 2 atom stereocenters. The van der Waals surface area contributed by atoms with Crippen LogP contribution in [0.1, 0.15) is 47.5 Å². The molecule has 7 nitrogen and oxygen atoms in total. The fourth-order valence-corrected chi connectivity index (χ4v) is 2.47. The minimum absolute atomic E-state index is 0.127. The molecular formula is C15H28N4O3. The lowest BCUT2D eigenvalue weighted by molar-refractivity contribution is 0.233. The zero-order chi connectivity index (χ0) is 16.9. The first-order valence-electron chi connectivity index (χ1n) is 7.63. The first-order valence-corrected chi connectivity index (χ1v) is 7.63. The van der Waals surface area contributed by atoms with Crippen LogP contribution in [0.5, 0.6) is 0 Å².